The van der Waals surface area contributed by atoms with Crippen molar-refractivity contribution >= 4 is 23.2 Å². The molecule has 1 amide bonds. The van der Waals surface area contributed by atoms with Gasteiger partial charge in [-0.25, -0.2) is 5.43 Å². The van der Waals surface area contributed by atoms with Gasteiger partial charge in [0.1, 0.15) is 0 Å². The first kappa shape index (κ1) is 15.8. The van der Waals surface area contributed by atoms with Gasteiger partial charge in [-0.1, -0.05) is 61.0 Å². The maximum absolute atomic E-state index is 12.3. The Morgan fingerprint density at radius 3 is 2.70 bits per heavy atom. The molecule has 3 rings (SSSR count). The zero-order valence-corrected chi connectivity index (χ0v) is 13.8. The van der Waals surface area contributed by atoms with Gasteiger partial charge in [-0.3, -0.25) is 4.79 Å². The van der Waals surface area contributed by atoms with Crippen molar-refractivity contribution in [1.29, 1.82) is 0 Å². The molecule has 0 unspecified atom stereocenters. The van der Waals surface area contributed by atoms with Gasteiger partial charge in [-0.05, 0) is 42.0 Å². The van der Waals surface area contributed by atoms with Crippen LogP contribution in [0.2, 0.25) is 5.02 Å². The highest BCUT2D eigenvalue weighted by Crippen LogP contribution is 2.47. The molecule has 3 nitrogen and oxygen atoms in total. The summed E-state index contributed by atoms with van der Waals surface area (Å²) in [4.78, 5) is 12.3. The van der Waals surface area contributed by atoms with Gasteiger partial charge in [-0.2, -0.15) is 5.10 Å². The molecular formula is C19H19ClN2O. The molecule has 0 spiro atoms. The fourth-order valence-electron chi connectivity index (χ4n) is 2.77. The Kier molecular flexibility index (Phi) is 4.77. The molecule has 118 valence electrons. The molecular weight excluding hydrogens is 308 g/mol. The van der Waals surface area contributed by atoms with Crippen LogP contribution in [0.1, 0.15) is 36.8 Å². The number of nitrogens with one attached hydrogen (secondary N) is 1. The third-order valence-corrected chi connectivity index (χ3v) is 4.38. The number of hydrogen-bond donors (Lipinski definition) is 1. The van der Waals surface area contributed by atoms with Crippen molar-refractivity contribution in [3.63, 3.8) is 0 Å². The van der Waals surface area contributed by atoms with Gasteiger partial charge in [-0.15, -0.1) is 0 Å². The molecule has 2 aromatic rings. The lowest BCUT2D eigenvalue weighted by atomic mass is 10.1. The molecule has 0 aromatic heterocycles. The Morgan fingerprint density at radius 2 is 2.00 bits per heavy atom. The molecule has 1 aliphatic carbocycles. The number of carbonyl (C=O) groups is 1. The van der Waals surface area contributed by atoms with E-state index in [1.165, 1.54) is 5.56 Å². The molecule has 0 radical (unpaired) electrons. The fourth-order valence-corrected chi connectivity index (χ4v) is 2.96. The molecule has 1 saturated carbocycles. The minimum Gasteiger partial charge on any atom is -0.273 e. The van der Waals surface area contributed by atoms with Crippen molar-refractivity contribution in [3.8, 4) is 0 Å². The van der Waals surface area contributed by atoms with E-state index >= 15 is 0 Å². The smallest absolute Gasteiger partial charge is 0.243 e. The van der Waals surface area contributed by atoms with E-state index in [1.807, 2.05) is 49.4 Å². The van der Waals surface area contributed by atoms with E-state index in [0.717, 1.165) is 24.1 Å². The summed E-state index contributed by atoms with van der Waals surface area (Å²) >= 11 is 6.01. The third kappa shape index (κ3) is 3.80. The topological polar surface area (TPSA) is 41.5 Å². The number of rotatable bonds is 5. The van der Waals surface area contributed by atoms with Gasteiger partial charge >= 0.3 is 0 Å². The predicted molar refractivity (Wildman–Crippen MR) is 93.7 cm³/mol. The van der Waals surface area contributed by atoms with Crippen LogP contribution in [-0.2, 0) is 4.79 Å². The van der Waals surface area contributed by atoms with Crippen LogP contribution in [0.15, 0.2) is 59.7 Å². The molecule has 1 fully saturated rings. The van der Waals surface area contributed by atoms with Gasteiger partial charge in [0, 0.05) is 10.9 Å². The maximum atomic E-state index is 12.3. The summed E-state index contributed by atoms with van der Waals surface area (Å²) in [5.74, 6) is 0.341. The SMILES string of the molecule is CC/C(=N/NC(=O)[C@H]1C[C@@H]1c1ccccc1)c1cccc(Cl)c1. The van der Waals surface area contributed by atoms with Gasteiger partial charge in [0.25, 0.3) is 0 Å². The molecule has 0 bridgehead atoms. The third-order valence-electron chi connectivity index (χ3n) is 4.15. The van der Waals surface area contributed by atoms with Crippen molar-refractivity contribution < 1.29 is 4.79 Å². The molecule has 4 heteroatoms. The van der Waals surface area contributed by atoms with Crippen molar-refractivity contribution in [2.24, 2.45) is 11.0 Å². The Bertz CT molecular complexity index is 727. The van der Waals surface area contributed by atoms with Crippen LogP contribution in [-0.4, -0.2) is 11.6 Å². The average Bonchev–Trinajstić information content (AvgIpc) is 3.37. The lowest BCUT2D eigenvalue weighted by Gasteiger charge is -2.06. The number of hydrazone groups is 1. The summed E-state index contributed by atoms with van der Waals surface area (Å²) in [6.07, 6.45) is 1.62. The number of amides is 1. The molecule has 23 heavy (non-hydrogen) atoms. The van der Waals surface area contributed by atoms with E-state index in [0.29, 0.717) is 10.9 Å². The van der Waals surface area contributed by atoms with Gasteiger partial charge in [0.05, 0.1) is 5.71 Å². The Hall–Kier alpha value is -2.13. The Balaban J connectivity index is 1.64. The highest BCUT2D eigenvalue weighted by atomic mass is 35.5. The van der Waals surface area contributed by atoms with Gasteiger partial charge in [0.2, 0.25) is 5.91 Å². The maximum Gasteiger partial charge on any atom is 0.243 e. The summed E-state index contributed by atoms with van der Waals surface area (Å²) in [6.45, 7) is 2.01. The number of hydrogen-bond acceptors (Lipinski definition) is 2. The lowest BCUT2D eigenvalue weighted by molar-refractivity contribution is -0.122. The van der Waals surface area contributed by atoms with Crippen LogP contribution >= 0.6 is 11.6 Å². The predicted octanol–water partition coefficient (Wildman–Crippen LogP) is 4.37. The van der Waals surface area contributed by atoms with E-state index in [-0.39, 0.29) is 11.8 Å². The normalized spacial score (nSPS) is 20.2. The largest absolute Gasteiger partial charge is 0.273 e. The Morgan fingerprint density at radius 1 is 1.22 bits per heavy atom. The first-order valence-electron chi connectivity index (χ1n) is 7.86. The second-order valence-corrected chi connectivity index (χ2v) is 6.19. The van der Waals surface area contributed by atoms with E-state index in [4.69, 9.17) is 11.6 Å². The second kappa shape index (κ2) is 6.97. The molecule has 2 aromatic carbocycles. The van der Waals surface area contributed by atoms with E-state index in [1.54, 1.807) is 0 Å². The molecule has 1 aliphatic rings. The quantitative estimate of drug-likeness (QED) is 0.643. The number of benzene rings is 2. The van der Waals surface area contributed by atoms with Gasteiger partial charge < -0.3 is 0 Å². The van der Waals surface area contributed by atoms with Crippen molar-refractivity contribution in [2.45, 2.75) is 25.7 Å². The molecule has 0 aliphatic heterocycles. The van der Waals surface area contributed by atoms with Crippen LogP contribution in [0.5, 0.6) is 0 Å². The van der Waals surface area contributed by atoms with E-state index in [9.17, 15) is 4.79 Å². The number of halogens is 1. The fraction of sp³-hybridized carbons (Fsp3) is 0.263. The van der Waals surface area contributed by atoms with Crippen LogP contribution in [0.25, 0.3) is 0 Å². The minimum absolute atomic E-state index is 0.00756. The second-order valence-electron chi connectivity index (χ2n) is 5.76. The van der Waals surface area contributed by atoms with Gasteiger partial charge in [0.15, 0.2) is 0 Å². The monoisotopic (exact) mass is 326 g/mol. The van der Waals surface area contributed by atoms with Crippen LogP contribution in [0, 0.1) is 5.92 Å². The van der Waals surface area contributed by atoms with Crippen LogP contribution < -0.4 is 5.43 Å². The van der Waals surface area contributed by atoms with Crippen molar-refractivity contribution in [2.75, 3.05) is 0 Å². The molecule has 1 N–H and O–H groups in total. The number of carbonyl (C=O) groups excluding carboxylic acids is 1. The van der Waals surface area contributed by atoms with Crippen LogP contribution in [0.3, 0.4) is 0 Å². The number of nitrogens with zero attached hydrogens (tertiary/aromatic N) is 1. The lowest BCUT2D eigenvalue weighted by Crippen LogP contribution is -2.22. The first-order chi connectivity index (χ1) is 11.2. The highest BCUT2D eigenvalue weighted by Gasteiger charge is 2.43. The zero-order valence-electron chi connectivity index (χ0n) is 13.0. The molecule has 0 saturated heterocycles. The summed E-state index contributed by atoms with van der Waals surface area (Å²) in [7, 11) is 0. The van der Waals surface area contributed by atoms with Crippen LogP contribution in [0.4, 0.5) is 0 Å². The molecule has 0 heterocycles. The van der Waals surface area contributed by atoms with E-state index < -0.39 is 0 Å². The zero-order chi connectivity index (χ0) is 16.2. The standard InChI is InChI=1S/C19H19ClN2O/c1-2-18(14-9-6-10-15(20)11-14)21-22-19(23)17-12-16(17)13-7-4-3-5-8-13/h3-11,16-17H,2,12H2,1H3,(H,22,23)/b21-18-/t16-,17+/m1/s1. The summed E-state index contributed by atoms with van der Waals surface area (Å²) < 4.78 is 0. The average molecular weight is 327 g/mol. The van der Waals surface area contributed by atoms with Crippen molar-refractivity contribution in [3.05, 3.63) is 70.7 Å². The first-order valence-corrected chi connectivity index (χ1v) is 8.24. The Labute approximate surface area is 141 Å². The summed E-state index contributed by atoms with van der Waals surface area (Å²) in [5, 5.41) is 4.97. The van der Waals surface area contributed by atoms with Crippen molar-refractivity contribution in [1.82, 2.24) is 5.43 Å². The van der Waals surface area contributed by atoms with E-state index in [2.05, 4.69) is 22.7 Å². The minimum atomic E-state index is -0.00756. The summed E-state index contributed by atoms with van der Waals surface area (Å²) in [5.41, 5.74) is 5.72. The highest BCUT2D eigenvalue weighted by molar-refractivity contribution is 6.31. The molecule has 2 atom stereocenters. The summed E-state index contributed by atoms with van der Waals surface area (Å²) in [6, 6.07) is 17.7.